The lowest BCUT2D eigenvalue weighted by atomic mass is 9.75. The summed E-state index contributed by atoms with van der Waals surface area (Å²) in [5.41, 5.74) is -2.00. The standard InChI is InChI=1S/C17H32O7S/c1-3-5-7-8-9-10-11-13-17(16(20)21,12-6-4-2)14(15(18)19)25(22,23)24/h14H,3-13H2,1-2H3,(H,18,19)(H,20,21)(H,22,23,24). The van der Waals surface area contributed by atoms with Crippen molar-refractivity contribution in [3.63, 3.8) is 0 Å². The monoisotopic (exact) mass is 380 g/mol. The van der Waals surface area contributed by atoms with Crippen molar-refractivity contribution in [2.24, 2.45) is 5.41 Å². The highest BCUT2D eigenvalue weighted by molar-refractivity contribution is 7.87. The second kappa shape index (κ2) is 11.5. The molecule has 0 aliphatic heterocycles. The number of hydrogen-bond donors (Lipinski definition) is 3. The molecule has 0 bridgehead atoms. The smallest absolute Gasteiger partial charge is 0.325 e. The maximum atomic E-state index is 11.9. The molecule has 0 spiro atoms. The molecule has 0 aromatic carbocycles. The van der Waals surface area contributed by atoms with Crippen LogP contribution in [0.25, 0.3) is 0 Å². The van der Waals surface area contributed by atoms with Gasteiger partial charge >= 0.3 is 11.9 Å². The summed E-state index contributed by atoms with van der Waals surface area (Å²) in [5.74, 6) is -3.29. The van der Waals surface area contributed by atoms with Gasteiger partial charge in [-0.05, 0) is 12.8 Å². The van der Waals surface area contributed by atoms with Gasteiger partial charge in [-0.15, -0.1) is 0 Å². The van der Waals surface area contributed by atoms with Gasteiger partial charge in [-0.3, -0.25) is 14.1 Å². The van der Waals surface area contributed by atoms with E-state index in [-0.39, 0.29) is 12.8 Å². The SMILES string of the molecule is CCCCCCCCCC(CCCC)(C(=O)O)C(C(=O)O)S(=O)(=O)O. The molecule has 148 valence electrons. The van der Waals surface area contributed by atoms with E-state index in [9.17, 15) is 32.8 Å². The topological polar surface area (TPSA) is 129 Å². The van der Waals surface area contributed by atoms with E-state index in [4.69, 9.17) is 0 Å². The van der Waals surface area contributed by atoms with Crippen LogP contribution in [0.5, 0.6) is 0 Å². The molecule has 0 amide bonds. The number of carboxylic acid groups (broad SMARTS) is 2. The highest BCUT2D eigenvalue weighted by atomic mass is 32.2. The summed E-state index contributed by atoms with van der Waals surface area (Å²) in [7, 11) is -5.03. The number of hydrogen-bond acceptors (Lipinski definition) is 4. The van der Waals surface area contributed by atoms with Crippen molar-refractivity contribution >= 4 is 22.1 Å². The molecule has 0 aromatic heterocycles. The largest absolute Gasteiger partial charge is 0.481 e. The lowest BCUT2D eigenvalue weighted by Crippen LogP contribution is -2.51. The van der Waals surface area contributed by atoms with Crippen LogP contribution < -0.4 is 0 Å². The molecular weight excluding hydrogens is 348 g/mol. The van der Waals surface area contributed by atoms with Gasteiger partial charge in [0.15, 0.2) is 5.25 Å². The van der Waals surface area contributed by atoms with Gasteiger partial charge in [-0.1, -0.05) is 71.6 Å². The zero-order chi connectivity index (χ0) is 19.5. The zero-order valence-electron chi connectivity index (χ0n) is 15.2. The predicted molar refractivity (Wildman–Crippen MR) is 95.2 cm³/mol. The quantitative estimate of drug-likeness (QED) is 0.291. The number of aliphatic carboxylic acids is 2. The van der Waals surface area contributed by atoms with Gasteiger partial charge in [0.1, 0.15) is 0 Å². The van der Waals surface area contributed by atoms with Crippen molar-refractivity contribution in [1.29, 1.82) is 0 Å². The molecule has 0 saturated carbocycles. The van der Waals surface area contributed by atoms with Crippen LogP contribution in [0.4, 0.5) is 0 Å². The Morgan fingerprint density at radius 1 is 0.840 bits per heavy atom. The number of carbonyl (C=O) groups is 2. The van der Waals surface area contributed by atoms with Gasteiger partial charge in [0, 0.05) is 0 Å². The average Bonchev–Trinajstić information content (AvgIpc) is 2.49. The van der Waals surface area contributed by atoms with Gasteiger partial charge in [-0.2, -0.15) is 8.42 Å². The van der Waals surface area contributed by atoms with Crippen LogP contribution in [0.15, 0.2) is 0 Å². The van der Waals surface area contributed by atoms with Crippen LogP contribution in [-0.2, 0) is 19.7 Å². The molecule has 2 atom stereocenters. The minimum atomic E-state index is -5.03. The fourth-order valence-electron chi connectivity index (χ4n) is 3.25. The minimum Gasteiger partial charge on any atom is -0.481 e. The van der Waals surface area contributed by atoms with Crippen molar-refractivity contribution < 1.29 is 32.8 Å². The summed E-state index contributed by atoms with van der Waals surface area (Å²) < 4.78 is 32.6. The van der Waals surface area contributed by atoms with E-state index in [2.05, 4.69) is 6.92 Å². The number of carboxylic acids is 2. The van der Waals surface area contributed by atoms with Crippen LogP contribution in [0.2, 0.25) is 0 Å². The third kappa shape index (κ3) is 7.73. The molecule has 25 heavy (non-hydrogen) atoms. The zero-order valence-corrected chi connectivity index (χ0v) is 16.1. The Bertz CT molecular complexity index is 515. The van der Waals surface area contributed by atoms with Crippen LogP contribution in [0.1, 0.15) is 84.5 Å². The van der Waals surface area contributed by atoms with Crippen molar-refractivity contribution in [3.8, 4) is 0 Å². The maximum absolute atomic E-state index is 11.9. The number of rotatable bonds is 15. The van der Waals surface area contributed by atoms with Gasteiger partial charge < -0.3 is 10.2 Å². The third-order valence-corrected chi connectivity index (χ3v) is 5.90. The lowest BCUT2D eigenvalue weighted by molar-refractivity contribution is -0.156. The Morgan fingerprint density at radius 2 is 1.28 bits per heavy atom. The normalized spacial score (nSPS) is 15.5. The molecule has 0 aromatic rings. The maximum Gasteiger partial charge on any atom is 0.325 e. The highest BCUT2D eigenvalue weighted by Crippen LogP contribution is 2.39. The molecular formula is C17H32O7S. The Morgan fingerprint density at radius 3 is 1.68 bits per heavy atom. The summed E-state index contributed by atoms with van der Waals surface area (Å²) in [6, 6.07) is 0. The van der Waals surface area contributed by atoms with Gasteiger partial charge in [-0.25, -0.2) is 0 Å². The van der Waals surface area contributed by atoms with E-state index in [1.807, 2.05) is 6.92 Å². The molecule has 2 unspecified atom stereocenters. The molecule has 3 N–H and O–H groups in total. The first-order valence-corrected chi connectivity index (χ1v) is 10.6. The molecule has 0 rings (SSSR count). The van der Waals surface area contributed by atoms with Crippen LogP contribution in [0.3, 0.4) is 0 Å². The van der Waals surface area contributed by atoms with Gasteiger partial charge in [0.05, 0.1) is 5.41 Å². The molecule has 0 aliphatic carbocycles. The van der Waals surface area contributed by atoms with E-state index in [1.165, 1.54) is 0 Å². The van der Waals surface area contributed by atoms with Crippen molar-refractivity contribution in [2.75, 3.05) is 0 Å². The first kappa shape index (κ1) is 23.9. The van der Waals surface area contributed by atoms with Gasteiger partial charge in [0.2, 0.25) is 0 Å². The first-order valence-electron chi connectivity index (χ1n) is 9.06. The minimum absolute atomic E-state index is 0.0765. The Kier molecular flexibility index (Phi) is 10.9. The summed E-state index contributed by atoms with van der Waals surface area (Å²) in [6.45, 7) is 3.92. The molecule has 8 heteroatoms. The average molecular weight is 381 g/mol. The molecule has 7 nitrogen and oxygen atoms in total. The summed E-state index contributed by atoms with van der Waals surface area (Å²) >= 11 is 0. The van der Waals surface area contributed by atoms with Crippen molar-refractivity contribution in [3.05, 3.63) is 0 Å². The van der Waals surface area contributed by atoms with E-state index in [1.54, 1.807) is 0 Å². The molecule has 0 radical (unpaired) electrons. The van der Waals surface area contributed by atoms with Crippen molar-refractivity contribution in [2.45, 2.75) is 89.7 Å². The summed E-state index contributed by atoms with van der Waals surface area (Å²) in [6.07, 6.45) is 7.21. The third-order valence-electron chi connectivity index (χ3n) is 4.65. The second-order valence-corrected chi connectivity index (χ2v) is 8.17. The van der Waals surface area contributed by atoms with Gasteiger partial charge in [0.25, 0.3) is 10.1 Å². The Hall–Kier alpha value is -1.15. The predicted octanol–water partition coefficient (Wildman–Crippen LogP) is 3.73. The van der Waals surface area contributed by atoms with Crippen LogP contribution in [-0.4, -0.2) is 40.4 Å². The Labute approximate surface area is 150 Å². The number of unbranched alkanes of at least 4 members (excludes halogenated alkanes) is 7. The molecule has 0 aliphatic rings. The second-order valence-electron chi connectivity index (χ2n) is 6.67. The first-order chi connectivity index (χ1) is 11.6. The summed E-state index contributed by atoms with van der Waals surface area (Å²) in [4.78, 5) is 23.4. The molecule has 0 fully saturated rings. The molecule has 0 heterocycles. The fourth-order valence-corrected chi connectivity index (χ4v) is 4.41. The van der Waals surface area contributed by atoms with E-state index >= 15 is 0 Å². The summed E-state index contributed by atoms with van der Waals surface area (Å²) in [5, 5.41) is 16.6. The van der Waals surface area contributed by atoms with E-state index in [0.717, 1.165) is 32.1 Å². The van der Waals surface area contributed by atoms with E-state index < -0.39 is 32.7 Å². The van der Waals surface area contributed by atoms with E-state index in [0.29, 0.717) is 25.7 Å². The van der Waals surface area contributed by atoms with Crippen molar-refractivity contribution in [1.82, 2.24) is 0 Å². The van der Waals surface area contributed by atoms with Crippen LogP contribution >= 0.6 is 0 Å². The highest BCUT2D eigenvalue weighted by Gasteiger charge is 2.55. The molecule has 0 saturated heterocycles. The van der Waals surface area contributed by atoms with Crippen LogP contribution in [0, 0.1) is 5.41 Å². The Balaban J connectivity index is 5.25. The lowest BCUT2D eigenvalue weighted by Gasteiger charge is -2.33. The fraction of sp³-hybridized carbons (Fsp3) is 0.882.